The lowest BCUT2D eigenvalue weighted by molar-refractivity contribution is -0.159. The van der Waals surface area contributed by atoms with E-state index >= 15 is 0 Å². The van der Waals surface area contributed by atoms with E-state index in [1.54, 1.807) is 36.9 Å². The Kier molecular flexibility index (Phi) is 8.42. The summed E-state index contributed by atoms with van der Waals surface area (Å²) in [5.41, 5.74) is 2.41. The molecule has 1 N–H and O–H groups in total. The minimum Gasteiger partial charge on any atom is -0.497 e. The number of aryl methyl sites for hydroxylation is 2. The van der Waals surface area contributed by atoms with Gasteiger partial charge in [0.05, 0.1) is 24.1 Å². The molecule has 1 amide bonds. The zero-order chi connectivity index (χ0) is 31.8. The second kappa shape index (κ2) is 12.4. The van der Waals surface area contributed by atoms with Crippen LogP contribution in [0.1, 0.15) is 54.4 Å². The molecule has 2 bridgehead atoms. The standard InChI is InChI=1S/C35H39N5O5/c1-6-22-18-40-15-13-23(22)16-30(40)32(25-12-14-36-29-11-9-24(44-5)17-27(25)29)45-35(43)21(4)38-34(42)28-19-39(7-2)33-26(31(28)41)10-8-20(3)37-33/h6,8-12,14,17,19,21-23,30,32H,1,7,13,15-16,18H2,2-5H3,(H,38,42)/t21-,22?,23-,30?,32+/m0/s1. The number of nitrogens with one attached hydrogen (secondary N) is 1. The Morgan fingerprint density at radius 3 is 2.73 bits per heavy atom. The third kappa shape index (κ3) is 5.70. The number of aromatic nitrogens is 3. The van der Waals surface area contributed by atoms with Crippen molar-refractivity contribution in [2.24, 2.45) is 11.8 Å². The molecule has 6 heterocycles. The summed E-state index contributed by atoms with van der Waals surface area (Å²) in [5.74, 6) is 0.299. The molecule has 3 aliphatic heterocycles. The quantitative estimate of drug-likeness (QED) is 0.217. The van der Waals surface area contributed by atoms with Crippen LogP contribution in [0.4, 0.5) is 0 Å². The second-order valence-corrected chi connectivity index (χ2v) is 12.1. The van der Waals surface area contributed by atoms with E-state index in [-0.39, 0.29) is 11.6 Å². The molecule has 0 saturated carbocycles. The largest absolute Gasteiger partial charge is 0.497 e. The summed E-state index contributed by atoms with van der Waals surface area (Å²) in [4.78, 5) is 52.0. The molecule has 0 spiro atoms. The molecule has 6 atom stereocenters. The Labute approximate surface area is 262 Å². The van der Waals surface area contributed by atoms with Crippen molar-refractivity contribution in [2.75, 3.05) is 20.2 Å². The molecule has 1 aromatic carbocycles. The third-order valence-electron chi connectivity index (χ3n) is 9.38. The SMILES string of the molecule is C=CC1CN2CC[C@H]1CC2[C@H](OC(=O)[C@H](C)NC(=O)c1cn(CC)c2nc(C)ccc2c1=O)c1ccnc2ccc(OC)cc12. The van der Waals surface area contributed by atoms with Crippen molar-refractivity contribution in [3.05, 3.63) is 88.5 Å². The van der Waals surface area contributed by atoms with Crippen LogP contribution in [-0.4, -0.2) is 63.6 Å². The lowest BCUT2D eigenvalue weighted by atomic mass is 9.73. The fourth-order valence-electron chi connectivity index (χ4n) is 6.89. The van der Waals surface area contributed by atoms with Crippen LogP contribution < -0.4 is 15.5 Å². The second-order valence-electron chi connectivity index (χ2n) is 12.1. The molecular weight excluding hydrogens is 570 g/mol. The molecule has 3 saturated heterocycles. The lowest BCUT2D eigenvalue weighted by Gasteiger charge is -2.51. The first-order chi connectivity index (χ1) is 21.7. The van der Waals surface area contributed by atoms with Crippen LogP contribution in [0.25, 0.3) is 21.9 Å². The fraction of sp³-hybridized carbons (Fsp3) is 0.400. The van der Waals surface area contributed by atoms with Gasteiger partial charge >= 0.3 is 5.97 Å². The number of hydrogen-bond acceptors (Lipinski definition) is 8. The van der Waals surface area contributed by atoms with Crippen molar-refractivity contribution < 1.29 is 19.1 Å². The first kappa shape index (κ1) is 30.5. The number of nitrogens with zero attached hydrogens (tertiary/aromatic N) is 4. The molecule has 0 aliphatic carbocycles. The van der Waals surface area contributed by atoms with Gasteiger partial charge in [0.1, 0.15) is 29.1 Å². The number of rotatable bonds is 9. The van der Waals surface area contributed by atoms with E-state index in [1.807, 2.05) is 44.2 Å². The number of piperidine rings is 3. The fourth-order valence-corrected chi connectivity index (χ4v) is 6.89. The summed E-state index contributed by atoms with van der Waals surface area (Å²) in [7, 11) is 1.61. The minimum absolute atomic E-state index is 0.0513. The Balaban J connectivity index is 1.30. The van der Waals surface area contributed by atoms with Crippen molar-refractivity contribution >= 4 is 33.8 Å². The van der Waals surface area contributed by atoms with Gasteiger partial charge in [-0.05, 0) is 88.4 Å². The van der Waals surface area contributed by atoms with Gasteiger partial charge in [-0.3, -0.25) is 19.5 Å². The summed E-state index contributed by atoms with van der Waals surface area (Å²) in [6.07, 6.45) is 6.58. The highest BCUT2D eigenvalue weighted by atomic mass is 16.5. The molecule has 3 aromatic heterocycles. The van der Waals surface area contributed by atoms with Crippen LogP contribution in [0.2, 0.25) is 0 Å². The Hall–Kier alpha value is -4.57. The molecular formula is C35H39N5O5. The number of ether oxygens (including phenoxy) is 2. The van der Waals surface area contributed by atoms with Gasteiger partial charge in [-0.1, -0.05) is 6.08 Å². The lowest BCUT2D eigenvalue weighted by Crippen LogP contribution is -2.55. The highest BCUT2D eigenvalue weighted by Crippen LogP contribution is 2.43. The van der Waals surface area contributed by atoms with E-state index in [0.29, 0.717) is 35.2 Å². The summed E-state index contributed by atoms with van der Waals surface area (Å²) in [6.45, 7) is 11.7. The van der Waals surface area contributed by atoms with Crippen LogP contribution in [0, 0.1) is 18.8 Å². The summed E-state index contributed by atoms with van der Waals surface area (Å²) in [5, 5.41) is 3.92. The van der Waals surface area contributed by atoms with Crippen LogP contribution in [0.3, 0.4) is 0 Å². The van der Waals surface area contributed by atoms with E-state index in [1.165, 1.54) is 6.20 Å². The van der Waals surface area contributed by atoms with Gasteiger partial charge in [-0.15, -0.1) is 6.58 Å². The molecule has 3 unspecified atom stereocenters. The Bertz CT molecular complexity index is 1850. The predicted octanol–water partition coefficient (Wildman–Crippen LogP) is 4.58. The van der Waals surface area contributed by atoms with E-state index in [4.69, 9.17) is 9.47 Å². The average molecular weight is 610 g/mol. The minimum atomic E-state index is -1.01. The van der Waals surface area contributed by atoms with Gasteiger partial charge in [0.2, 0.25) is 5.43 Å². The summed E-state index contributed by atoms with van der Waals surface area (Å²) >= 11 is 0. The number of carbonyl (C=O) groups excluding carboxylic acids is 2. The number of hydrogen-bond donors (Lipinski definition) is 1. The number of methoxy groups -OCH3 is 1. The predicted molar refractivity (Wildman–Crippen MR) is 172 cm³/mol. The van der Waals surface area contributed by atoms with Gasteiger partial charge in [0.25, 0.3) is 5.91 Å². The number of fused-ring (bicyclic) bond motifs is 5. The number of carbonyl (C=O) groups is 2. The molecule has 3 aliphatic rings. The van der Waals surface area contributed by atoms with Crippen molar-refractivity contribution in [1.82, 2.24) is 24.8 Å². The third-order valence-corrected chi connectivity index (χ3v) is 9.38. The summed E-state index contributed by atoms with van der Waals surface area (Å²) < 4.78 is 13.6. The monoisotopic (exact) mass is 609 g/mol. The molecule has 7 rings (SSSR count). The topological polar surface area (TPSA) is 116 Å². The zero-order valence-electron chi connectivity index (χ0n) is 26.2. The highest BCUT2D eigenvalue weighted by Gasteiger charge is 2.44. The van der Waals surface area contributed by atoms with Gasteiger partial charge in [0.15, 0.2) is 0 Å². The average Bonchev–Trinajstić information content (AvgIpc) is 3.06. The number of amides is 1. The highest BCUT2D eigenvalue weighted by molar-refractivity contribution is 5.99. The summed E-state index contributed by atoms with van der Waals surface area (Å²) in [6, 6.07) is 9.92. The van der Waals surface area contributed by atoms with E-state index in [0.717, 1.165) is 48.1 Å². The Morgan fingerprint density at radius 1 is 1.20 bits per heavy atom. The van der Waals surface area contributed by atoms with Crippen molar-refractivity contribution in [3.63, 3.8) is 0 Å². The molecule has 10 heteroatoms. The molecule has 45 heavy (non-hydrogen) atoms. The molecule has 3 fully saturated rings. The molecule has 0 radical (unpaired) electrons. The maximum Gasteiger partial charge on any atom is 0.329 e. The van der Waals surface area contributed by atoms with Crippen LogP contribution in [0.5, 0.6) is 5.75 Å². The van der Waals surface area contributed by atoms with Crippen LogP contribution in [0.15, 0.2) is 66.2 Å². The van der Waals surface area contributed by atoms with Crippen LogP contribution in [-0.2, 0) is 16.1 Å². The van der Waals surface area contributed by atoms with Gasteiger partial charge in [-0.2, -0.15) is 0 Å². The maximum atomic E-state index is 13.8. The number of esters is 1. The van der Waals surface area contributed by atoms with Gasteiger partial charge in [0, 0.05) is 42.1 Å². The van der Waals surface area contributed by atoms with E-state index in [2.05, 4.69) is 26.8 Å². The molecule has 234 valence electrons. The van der Waals surface area contributed by atoms with E-state index < -0.39 is 29.5 Å². The maximum absolute atomic E-state index is 13.8. The molecule has 10 nitrogen and oxygen atoms in total. The normalized spacial score (nSPS) is 22.1. The smallest absolute Gasteiger partial charge is 0.329 e. The van der Waals surface area contributed by atoms with E-state index in [9.17, 15) is 14.4 Å². The van der Waals surface area contributed by atoms with Crippen molar-refractivity contribution in [1.29, 1.82) is 0 Å². The molecule has 4 aromatic rings. The van der Waals surface area contributed by atoms with Gasteiger partial charge in [-0.25, -0.2) is 9.78 Å². The number of pyridine rings is 3. The van der Waals surface area contributed by atoms with Crippen molar-refractivity contribution in [2.45, 2.75) is 58.3 Å². The first-order valence-corrected chi connectivity index (χ1v) is 15.5. The van der Waals surface area contributed by atoms with Crippen molar-refractivity contribution in [3.8, 4) is 5.75 Å². The van der Waals surface area contributed by atoms with Gasteiger partial charge < -0.3 is 19.4 Å². The first-order valence-electron chi connectivity index (χ1n) is 15.5. The Morgan fingerprint density at radius 2 is 2.02 bits per heavy atom. The van der Waals surface area contributed by atoms with Crippen LogP contribution >= 0.6 is 0 Å². The zero-order valence-corrected chi connectivity index (χ0v) is 26.2. The number of benzene rings is 1.